The quantitative estimate of drug-likeness (QED) is 0.641. The van der Waals surface area contributed by atoms with Crippen LogP contribution in [-0.2, 0) is 20.9 Å². The van der Waals surface area contributed by atoms with Gasteiger partial charge in [-0.15, -0.1) is 10.2 Å². The summed E-state index contributed by atoms with van der Waals surface area (Å²) in [5, 5.41) is 9.37. The van der Waals surface area contributed by atoms with Crippen LogP contribution in [0.1, 0.15) is 25.7 Å². The van der Waals surface area contributed by atoms with Gasteiger partial charge in [-0.1, -0.05) is 11.8 Å². The number of amides is 2. The summed E-state index contributed by atoms with van der Waals surface area (Å²) in [5.41, 5.74) is 0.921. The smallest absolute Gasteiger partial charge is 0.239 e. The molecular weight excluding hydrogens is 392 g/mol. The minimum absolute atomic E-state index is 0.0876. The van der Waals surface area contributed by atoms with Crippen LogP contribution in [0.25, 0.3) is 11.4 Å². The van der Waals surface area contributed by atoms with Crippen LogP contribution in [0.15, 0.2) is 29.4 Å². The molecule has 2 aliphatic rings. The van der Waals surface area contributed by atoms with E-state index in [1.165, 1.54) is 16.7 Å². The lowest BCUT2D eigenvalue weighted by Crippen LogP contribution is -2.33. The Morgan fingerprint density at radius 3 is 2.76 bits per heavy atom. The minimum atomic E-state index is -0.171. The normalized spacial score (nSPS) is 19.1. The monoisotopic (exact) mass is 416 g/mol. The van der Waals surface area contributed by atoms with E-state index in [2.05, 4.69) is 10.2 Å². The lowest BCUT2D eigenvalue weighted by atomic mass is 10.2. The lowest BCUT2D eigenvalue weighted by Gasteiger charge is -2.16. The number of rotatable bonds is 7. The van der Waals surface area contributed by atoms with Crippen LogP contribution < -0.4 is 4.74 Å². The fourth-order valence-electron chi connectivity index (χ4n) is 3.62. The molecule has 1 aromatic carbocycles. The molecule has 0 aliphatic carbocycles. The zero-order chi connectivity index (χ0) is 20.2. The van der Waals surface area contributed by atoms with Gasteiger partial charge in [-0.3, -0.25) is 19.1 Å². The van der Waals surface area contributed by atoms with Crippen LogP contribution in [0.2, 0.25) is 0 Å². The van der Waals surface area contributed by atoms with Crippen LogP contribution in [-0.4, -0.2) is 63.6 Å². The maximum absolute atomic E-state index is 12.4. The standard InChI is InChI=1S/C20H24N4O4S/c1-27-15-8-6-14(7-9-15)19-21-22-20(24(19)12-16-4-3-11-28-16)29-13-18(26)23-10-2-5-17(23)25/h6-9,16H,2-5,10-13H2,1H3/t16-/m0/s1. The number of imide groups is 1. The highest BCUT2D eigenvalue weighted by Gasteiger charge is 2.27. The number of thioether (sulfide) groups is 1. The van der Waals surface area contributed by atoms with Crippen LogP contribution in [0, 0.1) is 0 Å². The predicted molar refractivity (Wildman–Crippen MR) is 108 cm³/mol. The molecule has 3 heterocycles. The second kappa shape index (κ2) is 8.96. The molecule has 29 heavy (non-hydrogen) atoms. The number of ether oxygens (including phenoxy) is 2. The Bertz CT molecular complexity index is 877. The molecule has 0 saturated carbocycles. The van der Waals surface area contributed by atoms with Crippen molar-refractivity contribution in [2.75, 3.05) is 26.0 Å². The van der Waals surface area contributed by atoms with Crippen molar-refractivity contribution in [3.8, 4) is 17.1 Å². The summed E-state index contributed by atoms with van der Waals surface area (Å²) in [6.45, 7) is 1.91. The van der Waals surface area contributed by atoms with Crippen molar-refractivity contribution in [3.63, 3.8) is 0 Å². The Hall–Kier alpha value is -2.39. The molecule has 2 aromatic rings. The Kier molecular flexibility index (Phi) is 6.15. The molecule has 0 N–H and O–H groups in total. The van der Waals surface area contributed by atoms with Crippen molar-refractivity contribution in [1.82, 2.24) is 19.7 Å². The summed E-state index contributed by atoms with van der Waals surface area (Å²) in [6.07, 6.45) is 3.34. The third kappa shape index (κ3) is 4.45. The van der Waals surface area contributed by atoms with Crippen molar-refractivity contribution >= 4 is 23.6 Å². The van der Waals surface area contributed by atoms with E-state index in [1.54, 1.807) is 7.11 Å². The number of hydrogen-bond donors (Lipinski definition) is 0. The summed E-state index contributed by atoms with van der Waals surface area (Å²) in [6, 6.07) is 7.65. The zero-order valence-electron chi connectivity index (χ0n) is 16.4. The predicted octanol–water partition coefficient (Wildman–Crippen LogP) is 2.37. The molecule has 8 nitrogen and oxygen atoms in total. The van der Waals surface area contributed by atoms with Crippen molar-refractivity contribution in [3.05, 3.63) is 24.3 Å². The summed E-state index contributed by atoms with van der Waals surface area (Å²) in [4.78, 5) is 25.6. The minimum Gasteiger partial charge on any atom is -0.497 e. The summed E-state index contributed by atoms with van der Waals surface area (Å²) in [7, 11) is 1.63. The van der Waals surface area contributed by atoms with Gasteiger partial charge in [-0.2, -0.15) is 0 Å². The molecule has 9 heteroatoms. The fourth-order valence-corrected chi connectivity index (χ4v) is 4.45. The second-order valence-electron chi connectivity index (χ2n) is 7.11. The highest BCUT2D eigenvalue weighted by atomic mass is 32.2. The number of carbonyl (C=O) groups is 2. The Balaban J connectivity index is 1.54. The van der Waals surface area contributed by atoms with Gasteiger partial charge in [0, 0.05) is 25.1 Å². The van der Waals surface area contributed by atoms with E-state index in [0.29, 0.717) is 24.7 Å². The Morgan fingerprint density at radius 2 is 2.10 bits per heavy atom. The number of carbonyl (C=O) groups excluding carboxylic acids is 2. The molecule has 154 valence electrons. The second-order valence-corrected chi connectivity index (χ2v) is 8.05. The van der Waals surface area contributed by atoms with E-state index < -0.39 is 0 Å². The zero-order valence-corrected chi connectivity index (χ0v) is 17.2. The number of likely N-dealkylation sites (tertiary alicyclic amines) is 1. The van der Waals surface area contributed by atoms with Crippen molar-refractivity contribution in [2.24, 2.45) is 0 Å². The highest BCUT2D eigenvalue weighted by molar-refractivity contribution is 7.99. The molecule has 2 amide bonds. The van der Waals surface area contributed by atoms with Crippen LogP contribution in [0.5, 0.6) is 5.75 Å². The molecule has 1 atom stereocenters. The largest absolute Gasteiger partial charge is 0.497 e. The Labute approximate surface area is 173 Å². The molecule has 0 radical (unpaired) electrons. The molecule has 2 aliphatic heterocycles. The maximum Gasteiger partial charge on any atom is 0.239 e. The van der Waals surface area contributed by atoms with Crippen molar-refractivity contribution in [1.29, 1.82) is 0 Å². The van der Waals surface area contributed by atoms with E-state index >= 15 is 0 Å². The van der Waals surface area contributed by atoms with Crippen LogP contribution >= 0.6 is 11.8 Å². The van der Waals surface area contributed by atoms with Crippen LogP contribution in [0.3, 0.4) is 0 Å². The summed E-state index contributed by atoms with van der Waals surface area (Å²) >= 11 is 1.32. The van der Waals surface area contributed by atoms with Gasteiger partial charge in [0.05, 0.1) is 25.5 Å². The molecule has 1 aromatic heterocycles. The molecular formula is C20H24N4O4S. The van der Waals surface area contributed by atoms with Gasteiger partial charge in [0.2, 0.25) is 11.8 Å². The van der Waals surface area contributed by atoms with E-state index in [0.717, 1.165) is 43.0 Å². The van der Waals surface area contributed by atoms with Gasteiger partial charge in [0.15, 0.2) is 11.0 Å². The molecule has 2 fully saturated rings. The van der Waals surface area contributed by atoms with Gasteiger partial charge >= 0.3 is 0 Å². The lowest BCUT2D eigenvalue weighted by molar-refractivity contribution is -0.140. The van der Waals surface area contributed by atoms with Gasteiger partial charge in [0.25, 0.3) is 0 Å². The van der Waals surface area contributed by atoms with E-state index in [4.69, 9.17) is 9.47 Å². The van der Waals surface area contributed by atoms with E-state index in [9.17, 15) is 9.59 Å². The fraction of sp³-hybridized carbons (Fsp3) is 0.500. The average Bonchev–Trinajstić information content (AvgIpc) is 3.49. The van der Waals surface area contributed by atoms with Gasteiger partial charge in [-0.25, -0.2) is 0 Å². The van der Waals surface area contributed by atoms with E-state index in [1.807, 2.05) is 28.8 Å². The first-order valence-electron chi connectivity index (χ1n) is 9.81. The number of benzene rings is 1. The number of methoxy groups -OCH3 is 1. The first-order chi connectivity index (χ1) is 14.2. The number of aromatic nitrogens is 3. The third-order valence-corrected chi connectivity index (χ3v) is 6.13. The van der Waals surface area contributed by atoms with Gasteiger partial charge in [0.1, 0.15) is 5.75 Å². The number of hydrogen-bond acceptors (Lipinski definition) is 7. The first kappa shape index (κ1) is 19.9. The number of nitrogens with zero attached hydrogens (tertiary/aromatic N) is 4. The van der Waals surface area contributed by atoms with Crippen molar-refractivity contribution in [2.45, 2.75) is 43.5 Å². The van der Waals surface area contributed by atoms with Crippen LogP contribution in [0.4, 0.5) is 0 Å². The summed E-state index contributed by atoms with van der Waals surface area (Å²) < 4.78 is 13.1. The topological polar surface area (TPSA) is 86.6 Å². The maximum atomic E-state index is 12.4. The molecule has 2 saturated heterocycles. The molecule has 0 unspecified atom stereocenters. The molecule has 0 bridgehead atoms. The highest BCUT2D eigenvalue weighted by Crippen LogP contribution is 2.28. The molecule has 4 rings (SSSR count). The SMILES string of the molecule is COc1ccc(-c2nnc(SCC(=O)N3CCCC3=O)n2C[C@@H]2CCCO2)cc1. The van der Waals surface area contributed by atoms with E-state index in [-0.39, 0.29) is 23.7 Å². The molecule has 0 spiro atoms. The van der Waals surface area contributed by atoms with Gasteiger partial charge in [-0.05, 0) is 43.5 Å². The summed E-state index contributed by atoms with van der Waals surface area (Å²) in [5.74, 6) is 1.41. The van der Waals surface area contributed by atoms with Gasteiger partial charge < -0.3 is 9.47 Å². The average molecular weight is 417 g/mol. The Morgan fingerprint density at radius 1 is 1.28 bits per heavy atom. The van der Waals surface area contributed by atoms with Crippen molar-refractivity contribution < 1.29 is 19.1 Å². The first-order valence-corrected chi connectivity index (χ1v) is 10.8. The third-order valence-electron chi connectivity index (χ3n) is 5.17.